The van der Waals surface area contributed by atoms with E-state index < -0.39 is 0 Å². The van der Waals surface area contributed by atoms with Crippen molar-refractivity contribution in [3.8, 4) is 34.0 Å². The van der Waals surface area contributed by atoms with E-state index >= 15 is 0 Å². The largest absolute Gasteiger partial charge is 0.491 e. The van der Waals surface area contributed by atoms with Crippen LogP contribution in [0.5, 0.6) is 11.5 Å². The lowest BCUT2D eigenvalue weighted by molar-refractivity contribution is -0.145. The van der Waals surface area contributed by atoms with Gasteiger partial charge in [-0.15, -0.1) is 0 Å². The first kappa shape index (κ1) is 46.1. The summed E-state index contributed by atoms with van der Waals surface area (Å²) in [6.07, 6.45) is 16.6. The fraction of sp³-hybridized carbons (Fsp3) is 0.109. The molecule has 1 N–H and O–H groups in total. The van der Waals surface area contributed by atoms with E-state index in [2.05, 4.69) is 42.5 Å². The second-order valence-electron chi connectivity index (χ2n) is 13.3. The van der Waals surface area contributed by atoms with Gasteiger partial charge in [-0.3, -0.25) is 13.2 Å². The molecule has 10 rings (SSSR count). The van der Waals surface area contributed by atoms with Gasteiger partial charge >= 0.3 is 5.97 Å². The molecule has 8 heterocycles. The number of aromatic nitrogens is 8. The van der Waals surface area contributed by atoms with E-state index in [1.165, 1.54) is 0 Å². The first-order valence-electron chi connectivity index (χ1n) is 19.4. The first-order chi connectivity index (χ1) is 31.1. The van der Waals surface area contributed by atoms with Gasteiger partial charge in [-0.05, 0) is 108 Å². The molecule has 64 heavy (non-hydrogen) atoms. The molecule has 0 atom stereocenters. The summed E-state index contributed by atoms with van der Waals surface area (Å²) in [4.78, 5) is 28.2. The molecule has 0 fully saturated rings. The molecule has 8 aromatic heterocycles. The Hall–Kier alpha value is -5.88. The van der Waals surface area contributed by atoms with Gasteiger partial charge in [0.1, 0.15) is 44.4 Å². The Morgan fingerprint density at radius 2 is 1.06 bits per heavy atom. The number of hydrogen-bond acceptors (Lipinski definition) is 9. The van der Waals surface area contributed by atoms with Crippen LogP contribution in [0.15, 0.2) is 153 Å². The highest BCUT2D eigenvalue weighted by molar-refractivity contribution is 14.1. The number of halogens is 5. The maximum atomic E-state index is 11.3. The molecule has 0 aliphatic rings. The Morgan fingerprint density at radius 1 is 0.594 bits per heavy atom. The third-order valence-corrected chi connectivity index (χ3v) is 10.8. The number of fused-ring (bicyclic) bond motifs is 4. The number of carbonyl (C=O) groups excluding carboxylic acids is 1. The Bertz CT molecular complexity index is 3120. The van der Waals surface area contributed by atoms with Crippen molar-refractivity contribution in [3.05, 3.63) is 177 Å². The van der Waals surface area contributed by atoms with Gasteiger partial charge in [0, 0.05) is 86.6 Å². The number of ether oxygens (including phenoxy) is 3. The van der Waals surface area contributed by atoms with Crippen molar-refractivity contribution < 1.29 is 24.1 Å². The highest BCUT2D eigenvalue weighted by Gasteiger charge is 2.09. The molecule has 0 aliphatic heterocycles. The average Bonchev–Trinajstić information content (AvgIpc) is 4.12. The highest BCUT2D eigenvalue weighted by Crippen LogP contribution is 2.26. The van der Waals surface area contributed by atoms with E-state index in [1.807, 2.05) is 158 Å². The molecule has 10 aromatic rings. The summed E-state index contributed by atoms with van der Waals surface area (Å²) < 4.78 is 24.5. The third-order valence-electron chi connectivity index (χ3n) is 9.06. The molecule has 13 nitrogen and oxygen atoms in total. The molecule has 18 heteroatoms. The number of hydrogen-bond donors (Lipinski definition) is 1. The monoisotopic (exact) mass is 1050 g/mol. The number of nitrogens with zero attached hydrogens (tertiary/aromatic N) is 8. The summed E-state index contributed by atoms with van der Waals surface area (Å²) >= 11 is 25.6. The Kier molecular flexibility index (Phi) is 16.0. The second-order valence-corrected chi connectivity index (χ2v) is 16.2. The van der Waals surface area contributed by atoms with Crippen LogP contribution in [-0.4, -0.2) is 75.0 Å². The fourth-order valence-electron chi connectivity index (χ4n) is 6.10. The van der Waals surface area contributed by atoms with Gasteiger partial charge in [0.2, 0.25) is 0 Å². The zero-order chi connectivity index (χ0) is 45.0. The van der Waals surface area contributed by atoms with Crippen LogP contribution in [0.4, 0.5) is 0 Å². The van der Waals surface area contributed by atoms with E-state index in [-0.39, 0.29) is 19.2 Å². The van der Waals surface area contributed by atoms with Gasteiger partial charge in [-0.1, -0.05) is 46.4 Å². The number of aliphatic hydroxyl groups excluding tert-OH is 1. The van der Waals surface area contributed by atoms with Crippen LogP contribution in [0.25, 0.3) is 45.1 Å². The molecule has 0 aliphatic carbocycles. The molecule has 326 valence electrons. The lowest BCUT2D eigenvalue weighted by atomic mass is 10.1. The third kappa shape index (κ3) is 12.0. The summed E-state index contributed by atoms with van der Waals surface area (Å²) in [5.41, 5.74) is 7.34. The maximum absolute atomic E-state index is 11.3. The van der Waals surface area contributed by atoms with Gasteiger partial charge in [-0.25, -0.2) is 24.7 Å². The van der Waals surface area contributed by atoms with Crippen molar-refractivity contribution in [2.24, 2.45) is 0 Å². The van der Waals surface area contributed by atoms with Crippen molar-refractivity contribution in [1.29, 1.82) is 0 Å². The molecule has 0 radical (unpaired) electrons. The number of pyridine rings is 4. The minimum Gasteiger partial charge on any atom is -0.491 e. The first-order valence-corrected chi connectivity index (χ1v) is 22.0. The number of carbonyl (C=O) groups is 1. The SMILES string of the molecule is CCOC(=O)COc1ccc(-c2cnc3cc(Cl)ccn23)cc1.Clc1ccn2c(I)cnc2c1.Clc1ccn2ccnc2c1.OCCOc1ccc(-c2cnc3cc(Cl)ccn23)cc1. The van der Waals surface area contributed by atoms with Crippen LogP contribution in [0.1, 0.15) is 6.92 Å². The van der Waals surface area contributed by atoms with Crippen LogP contribution in [0.3, 0.4) is 0 Å². The zero-order valence-electron chi connectivity index (χ0n) is 33.8. The summed E-state index contributed by atoms with van der Waals surface area (Å²) in [5.74, 6) is 0.966. The van der Waals surface area contributed by atoms with E-state index in [4.69, 9.17) is 65.7 Å². The predicted molar refractivity (Wildman–Crippen MR) is 259 cm³/mol. The summed E-state index contributed by atoms with van der Waals surface area (Å²) in [7, 11) is 0. The van der Waals surface area contributed by atoms with Gasteiger partial charge < -0.3 is 23.7 Å². The van der Waals surface area contributed by atoms with Crippen molar-refractivity contribution in [2.75, 3.05) is 26.4 Å². The van der Waals surface area contributed by atoms with E-state index in [0.717, 1.165) is 64.6 Å². The van der Waals surface area contributed by atoms with E-state index in [0.29, 0.717) is 29.0 Å². The molecule has 0 bridgehead atoms. The number of imidazole rings is 4. The molecular formula is C46H37Cl4IN8O5. The van der Waals surface area contributed by atoms with Gasteiger partial charge in [0.15, 0.2) is 6.61 Å². The minimum absolute atomic E-state index is 0.00969. The predicted octanol–water partition coefficient (Wildman–Crippen LogP) is 11.2. The Labute approximate surface area is 400 Å². The standard InChI is InChI=1S/C17H15ClN2O3.C15H13ClN2O2.C7H4ClIN2.C7H5ClN2/c1-2-22-17(21)11-23-14-5-3-12(4-6-14)15-10-19-16-9-13(18)7-8-20(15)16;16-12-5-6-18-14(10-17-15(18)9-12)11-1-3-13(4-2-11)20-8-7-19;8-5-1-2-11-6(9)4-10-7(11)3-5;8-6-1-3-10-4-2-9-7(10)5-6/h3-10H,2,11H2,1H3;1-6,9-10,19H,7-8H2;1-4H;1-5H. The molecule has 0 spiro atoms. The van der Waals surface area contributed by atoms with Crippen LogP contribution < -0.4 is 9.47 Å². The highest BCUT2D eigenvalue weighted by atomic mass is 127. The summed E-state index contributed by atoms with van der Waals surface area (Å²) in [6, 6.07) is 29.7. The lowest BCUT2D eigenvalue weighted by Gasteiger charge is -2.07. The van der Waals surface area contributed by atoms with Crippen LogP contribution in [0, 0.1) is 3.70 Å². The number of esters is 1. The van der Waals surface area contributed by atoms with E-state index in [1.54, 1.807) is 19.3 Å². The van der Waals surface area contributed by atoms with Crippen molar-refractivity contribution >= 4 is 97.6 Å². The van der Waals surface area contributed by atoms with E-state index in [9.17, 15) is 4.79 Å². The van der Waals surface area contributed by atoms with Crippen LogP contribution in [-0.2, 0) is 9.53 Å². The summed E-state index contributed by atoms with van der Waals surface area (Å²) in [6.45, 7) is 2.32. The topological polar surface area (TPSA) is 134 Å². The molecular weight excluding hydrogens is 1010 g/mol. The van der Waals surface area contributed by atoms with Crippen molar-refractivity contribution in [2.45, 2.75) is 6.92 Å². The Balaban J connectivity index is 0.000000135. The number of rotatable bonds is 9. The van der Waals surface area contributed by atoms with Crippen molar-refractivity contribution in [1.82, 2.24) is 37.5 Å². The second kappa shape index (κ2) is 22.2. The van der Waals surface area contributed by atoms with Gasteiger partial charge in [0.25, 0.3) is 0 Å². The lowest BCUT2D eigenvalue weighted by Crippen LogP contribution is -2.14. The van der Waals surface area contributed by atoms with Crippen molar-refractivity contribution in [3.63, 3.8) is 0 Å². The maximum Gasteiger partial charge on any atom is 0.344 e. The number of aliphatic hydroxyl groups is 1. The summed E-state index contributed by atoms with van der Waals surface area (Å²) in [5, 5.41) is 11.5. The van der Waals surface area contributed by atoms with Gasteiger partial charge in [-0.2, -0.15) is 0 Å². The smallest absolute Gasteiger partial charge is 0.344 e. The molecule has 2 aromatic carbocycles. The van der Waals surface area contributed by atoms with Gasteiger partial charge in [0.05, 0.1) is 43.2 Å². The number of benzene rings is 2. The average molecular weight is 1050 g/mol. The van der Waals surface area contributed by atoms with Crippen LogP contribution >= 0.6 is 69.0 Å². The molecule has 0 unspecified atom stereocenters. The van der Waals surface area contributed by atoms with Crippen LogP contribution in [0.2, 0.25) is 20.1 Å². The molecule has 0 saturated heterocycles. The zero-order valence-corrected chi connectivity index (χ0v) is 39.0. The molecule has 0 saturated carbocycles. The fourth-order valence-corrected chi connectivity index (χ4v) is 7.26. The quantitative estimate of drug-likeness (QED) is 0.111. The normalized spacial score (nSPS) is 10.7. The Morgan fingerprint density at radius 3 is 1.59 bits per heavy atom. The molecule has 0 amide bonds. The minimum atomic E-state index is -0.379.